The Balaban J connectivity index is 1.51. The second-order valence-electron chi connectivity index (χ2n) is 7.70. The molecule has 1 aliphatic heterocycles. The van der Waals surface area contributed by atoms with Gasteiger partial charge in [-0.2, -0.15) is 0 Å². The van der Waals surface area contributed by atoms with Gasteiger partial charge < -0.3 is 10.0 Å². The number of hydrogen-bond acceptors (Lipinski definition) is 4. The first kappa shape index (κ1) is 17.8. The second-order valence-corrected chi connectivity index (χ2v) is 7.70. The summed E-state index contributed by atoms with van der Waals surface area (Å²) < 4.78 is 0. The van der Waals surface area contributed by atoms with Gasteiger partial charge in [-0.25, -0.2) is 4.98 Å². The van der Waals surface area contributed by atoms with Crippen LogP contribution in [0.15, 0.2) is 85.2 Å². The molecule has 0 saturated carbocycles. The molecule has 1 N–H and O–H groups in total. The summed E-state index contributed by atoms with van der Waals surface area (Å²) in [6, 6.07) is 24.8. The minimum absolute atomic E-state index is 0.199. The van der Waals surface area contributed by atoms with Gasteiger partial charge in [0.1, 0.15) is 0 Å². The number of β-amino-alcohol motifs (C(OH)–C–C–N with tert-alkyl or cyclic N) is 1. The van der Waals surface area contributed by atoms with Crippen LogP contribution in [0, 0.1) is 5.92 Å². The van der Waals surface area contributed by atoms with Crippen molar-refractivity contribution < 1.29 is 5.11 Å². The van der Waals surface area contributed by atoms with Gasteiger partial charge in [0.15, 0.2) is 0 Å². The first-order chi connectivity index (χ1) is 14.3. The van der Waals surface area contributed by atoms with E-state index in [0.29, 0.717) is 6.54 Å². The van der Waals surface area contributed by atoms with E-state index in [1.165, 1.54) is 5.56 Å². The highest BCUT2D eigenvalue weighted by atomic mass is 16.3. The van der Waals surface area contributed by atoms with Crippen LogP contribution in [0.3, 0.4) is 0 Å². The van der Waals surface area contributed by atoms with Crippen molar-refractivity contribution in [2.45, 2.75) is 12.5 Å². The standard InChI is InChI=1S/C25H23N3O/c29-25-17-28(16-20(25)14-18-10-12-26-13-11-18)24-15-23(19-6-2-1-3-7-19)27-22-9-5-4-8-21(22)24/h1-13,15,20,25,29H,14,16-17H2/t20-,25+/m1/s1. The van der Waals surface area contributed by atoms with E-state index in [4.69, 9.17) is 4.98 Å². The number of hydrogen-bond donors (Lipinski definition) is 1. The third kappa shape index (κ3) is 3.59. The summed E-state index contributed by atoms with van der Waals surface area (Å²) in [5.41, 5.74) is 5.41. The molecular weight excluding hydrogens is 358 g/mol. The van der Waals surface area contributed by atoms with Gasteiger partial charge in [-0.05, 0) is 36.2 Å². The Kier molecular flexibility index (Phi) is 4.70. The van der Waals surface area contributed by atoms with E-state index in [0.717, 1.165) is 40.8 Å². The van der Waals surface area contributed by atoms with Crippen LogP contribution in [0.5, 0.6) is 0 Å². The molecule has 0 radical (unpaired) electrons. The Labute approximate surface area is 170 Å². The Morgan fingerprint density at radius 1 is 0.897 bits per heavy atom. The Morgan fingerprint density at radius 2 is 1.66 bits per heavy atom. The summed E-state index contributed by atoms with van der Waals surface area (Å²) in [5.74, 6) is 0.199. The highest BCUT2D eigenvalue weighted by Crippen LogP contribution is 2.34. The van der Waals surface area contributed by atoms with Crippen molar-refractivity contribution in [3.63, 3.8) is 0 Å². The maximum atomic E-state index is 10.8. The molecule has 144 valence electrons. The molecule has 1 fully saturated rings. The highest BCUT2D eigenvalue weighted by molar-refractivity contribution is 5.94. The lowest BCUT2D eigenvalue weighted by atomic mass is 9.97. The third-order valence-electron chi connectivity index (χ3n) is 5.76. The Hall–Kier alpha value is -3.24. The summed E-state index contributed by atoms with van der Waals surface area (Å²) in [4.78, 5) is 11.3. The monoisotopic (exact) mass is 381 g/mol. The van der Waals surface area contributed by atoms with E-state index < -0.39 is 0 Å². The van der Waals surface area contributed by atoms with Crippen molar-refractivity contribution >= 4 is 16.6 Å². The molecule has 2 aromatic carbocycles. The summed E-state index contributed by atoms with van der Waals surface area (Å²) in [6.07, 6.45) is 4.14. The number of aliphatic hydroxyl groups excluding tert-OH is 1. The van der Waals surface area contributed by atoms with Crippen LogP contribution in [0.4, 0.5) is 5.69 Å². The first-order valence-corrected chi connectivity index (χ1v) is 10.0. The van der Waals surface area contributed by atoms with Gasteiger partial charge >= 0.3 is 0 Å². The summed E-state index contributed by atoms with van der Waals surface area (Å²) in [7, 11) is 0. The number of pyridine rings is 2. The average Bonchev–Trinajstić information content (AvgIpc) is 3.14. The van der Waals surface area contributed by atoms with Gasteiger partial charge in [0, 0.05) is 48.0 Å². The van der Waals surface area contributed by atoms with Crippen molar-refractivity contribution in [1.29, 1.82) is 0 Å². The molecule has 1 aliphatic rings. The predicted octanol–water partition coefficient (Wildman–Crippen LogP) is 4.34. The SMILES string of the molecule is O[C@H]1CN(c2cc(-c3ccccc3)nc3ccccc23)C[C@H]1Cc1ccncc1. The van der Waals surface area contributed by atoms with Crippen LogP contribution in [0.25, 0.3) is 22.2 Å². The van der Waals surface area contributed by atoms with Crippen LogP contribution in [0.2, 0.25) is 0 Å². The number of nitrogens with zero attached hydrogens (tertiary/aromatic N) is 3. The molecule has 29 heavy (non-hydrogen) atoms. The van der Waals surface area contributed by atoms with Crippen molar-refractivity contribution in [3.05, 3.63) is 90.8 Å². The van der Waals surface area contributed by atoms with Crippen LogP contribution < -0.4 is 4.90 Å². The maximum absolute atomic E-state index is 10.8. The molecule has 0 bridgehead atoms. The molecule has 0 unspecified atom stereocenters. The number of aliphatic hydroxyl groups is 1. The van der Waals surface area contributed by atoms with Crippen molar-refractivity contribution in [3.8, 4) is 11.3 Å². The van der Waals surface area contributed by atoms with Gasteiger partial charge in [0.25, 0.3) is 0 Å². The van der Waals surface area contributed by atoms with Crippen LogP contribution in [0.1, 0.15) is 5.56 Å². The van der Waals surface area contributed by atoms with Crippen LogP contribution >= 0.6 is 0 Å². The maximum Gasteiger partial charge on any atom is 0.0763 e. The molecule has 4 nitrogen and oxygen atoms in total. The fourth-order valence-electron chi connectivity index (χ4n) is 4.25. The molecule has 0 aliphatic carbocycles. The lowest BCUT2D eigenvalue weighted by Crippen LogP contribution is -2.21. The zero-order chi connectivity index (χ0) is 19.6. The fourth-order valence-corrected chi connectivity index (χ4v) is 4.25. The molecule has 0 spiro atoms. The Bertz CT molecular complexity index is 1110. The zero-order valence-corrected chi connectivity index (χ0v) is 16.1. The van der Waals surface area contributed by atoms with Crippen LogP contribution in [-0.2, 0) is 6.42 Å². The lowest BCUT2D eigenvalue weighted by molar-refractivity contribution is 0.148. The zero-order valence-electron chi connectivity index (χ0n) is 16.1. The quantitative estimate of drug-likeness (QED) is 0.571. The van der Waals surface area contributed by atoms with E-state index in [1.54, 1.807) is 0 Å². The van der Waals surface area contributed by atoms with Crippen molar-refractivity contribution in [2.24, 2.45) is 5.92 Å². The number of aromatic nitrogens is 2. The van der Waals surface area contributed by atoms with Gasteiger partial charge in [0.2, 0.25) is 0 Å². The van der Waals surface area contributed by atoms with Gasteiger partial charge in [-0.1, -0.05) is 48.5 Å². The molecule has 3 heterocycles. The smallest absolute Gasteiger partial charge is 0.0763 e. The minimum Gasteiger partial charge on any atom is -0.391 e. The number of anilines is 1. The van der Waals surface area contributed by atoms with Gasteiger partial charge in [-0.3, -0.25) is 4.98 Å². The van der Waals surface area contributed by atoms with Gasteiger partial charge in [0.05, 0.1) is 17.3 Å². The molecule has 4 heteroatoms. The normalized spacial score (nSPS) is 19.0. The van der Waals surface area contributed by atoms with E-state index >= 15 is 0 Å². The van der Waals surface area contributed by atoms with Crippen molar-refractivity contribution in [2.75, 3.05) is 18.0 Å². The first-order valence-electron chi connectivity index (χ1n) is 10.0. The van der Waals surface area contributed by atoms with E-state index in [-0.39, 0.29) is 12.0 Å². The average molecular weight is 381 g/mol. The third-order valence-corrected chi connectivity index (χ3v) is 5.76. The van der Waals surface area contributed by atoms with Gasteiger partial charge in [-0.15, -0.1) is 0 Å². The second kappa shape index (κ2) is 7.64. The van der Waals surface area contributed by atoms with E-state index in [2.05, 4.69) is 46.3 Å². The summed E-state index contributed by atoms with van der Waals surface area (Å²) in [5, 5.41) is 11.9. The number of para-hydroxylation sites is 1. The summed E-state index contributed by atoms with van der Waals surface area (Å²) >= 11 is 0. The Morgan fingerprint density at radius 3 is 2.48 bits per heavy atom. The van der Waals surface area contributed by atoms with Crippen molar-refractivity contribution in [1.82, 2.24) is 9.97 Å². The molecule has 4 aromatic rings. The molecule has 1 saturated heterocycles. The molecular formula is C25H23N3O. The molecule has 2 aromatic heterocycles. The number of rotatable bonds is 4. The predicted molar refractivity (Wildman–Crippen MR) is 117 cm³/mol. The largest absolute Gasteiger partial charge is 0.391 e. The minimum atomic E-state index is -0.352. The number of fused-ring (bicyclic) bond motifs is 1. The fraction of sp³-hybridized carbons (Fsp3) is 0.200. The lowest BCUT2D eigenvalue weighted by Gasteiger charge is -2.21. The molecule has 0 amide bonds. The van der Waals surface area contributed by atoms with E-state index in [9.17, 15) is 5.11 Å². The van der Waals surface area contributed by atoms with Crippen LogP contribution in [-0.4, -0.2) is 34.3 Å². The van der Waals surface area contributed by atoms with E-state index in [1.807, 2.05) is 48.8 Å². The summed E-state index contributed by atoms with van der Waals surface area (Å²) in [6.45, 7) is 1.46. The highest BCUT2D eigenvalue weighted by Gasteiger charge is 2.32. The molecule has 5 rings (SSSR count). The number of benzene rings is 2. The topological polar surface area (TPSA) is 49.2 Å². The molecule has 2 atom stereocenters.